The number of carbonyl (C=O) groups is 2. The molecular formula is C17H20F3NO4. The molecule has 1 aromatic rings. The number of amides is 1. The predicted molar refractivity (Wildman–Crippen MR) is 85.1 cm³/mol. The Bertz CT molecular complexity index is 616. The van der Waals surface area contributed by atoms with Crippen molar-refractivity contribution in [2.45, 2.75) is 31.5 Å². The maximum atomic E-state index is 12.7. The van der Waals surface area contributed by atoms with Crippen LogP contribution in [0.5, 0.6) is 0 Å². The van der Waals surface area contributed by atoms with Gasteiger partial charge in [-0.2, -0.15) is 13.2 Å². The Balaban J connectivity index is 2.69. The van der Waals surface area contributed by atoms with E-state index >= 15 is 0 Å². The fourth-order valence-corrected chi connectivity index (χ4v) is 2.11. The molecule has 0 radical (unpaired) electrons. The highest BCUT2D eigenvalue weighted by Gasteiger charge is 2.31. The number of rotatable bonds is 9. The van der Waals surface area contributed by atoms with Crippen LogP contribution in [0, 0.1) is 0 Å². The highest BCUT2D eigenvalue weighted by atomic mass is 19.4. The summed E-state index contributed by atoms with van der Waals surface area (Å²) in [4.78, 5) is 23.1. The van der Waals surface area contributed by atoms with Crippen molar-refractivity contribution >= 4 is 11.9 Å². The molecule has 2 N–H and O–H groups in total. The first-order chi connectivity index (χ1) is 11.6. The van der Waals surface area contributed by atoms with Gasteiger partial charge in [0.1, 0.15) is 0 Å². The second-order valence-electron chi connectivity index (χ2n) is 5.51. The Labute approximate surface area is 143 Å². The minimum atomic E-state index is -4.46. The maximum Gasteiger partial charge on any atom is 0.416 e. The fraction of sp³-hybridized carbons (Fsp3) is 0.412. The molecule has 1 amide bonds. The Morgan fingerprint density at radius 2 is 2.08 bits per heavy atom. The van der Waals surface area contributed by atoms with Crippen LogP contribution < -0.4 is 5.32 Å². The third-order valence-electron chi connectivity index (χ3n) is 3.43. The number of aliphatic carboxylic acids is 1. The maximum absolute atomic E-state index is 12.7. The van der Waals surface area contributed by atoms with Crippen molar-refractivity contribution in [1.82, 2.24) is 5.32 Å². The normalized spacial score (nSPS) is 13.8. The molecule has 25 heavy (non-hydrogen) atoms. The minimum Gasteiger partial charge on any atom is -0.480 e. The van der Waals surface area contributed by atoms with Crippen LogP contribution in [-0.2, 0) is 20.5 Å². The lowest BCUT2D eigenvalue weighted by molar-refractivity contribution is -0.143. The predicted octanol–water partition coefficient (Wildman–Crippen LogP) is 2.97. The van der Waals surface area contributed by atoms with Crippen molar-refractivity contribution < 1.29 is 32.6 Å². The van der Waals surface area contributed by atoms with E-state index in [1.54, 1.807) is 6.92 Å². The van der Waals surface area contributed by atoms with E-state index in [1.165, 1.54) is 18.2 Å². The Hall–Kier alpha value is -2.35. The standard InChI is InChI=1S/C17H20F3NO4/c1-3-7-25-10-14(16(23)24)21-15(22)8-11(2)12-5-4-6-13(9-12)17(18,19)20/h3-6,9,11,14H,1,7-8,10H2,2H3,(H,21,22)(H,23,24). The van der Waals surface area contributed by atoms with E-state index in [4.69, 9.17) is 9.84 Å². The molecule has 138 valence electrons. The van der Waals surface area contributed by atoms with Gasteiger partial charge in [0.05, 0.1) is 18.8 Å². The van der Waals surface area contributed by atoms with Crippen LogP contribution in [0.1, 0.15) is 30.4 Å². The molecule has 0 fully saturated rings. The molecule has 2 atom stereocenters. The quantitative estimate of drug-likeness (QED) is 0.525. The number of carboxylic acids is 1. The van der Waals surface area contributed by atoms with Crippen LogP contribution in [0.15, 0.2) is 36.9 Å². The van der Waals surface area contributed by atoms with Crippen molar-refractivity contribution in [2.24, 2.45) is 0 Å². The first-order valence-corrected chi connectivity index (χ1v) is 7.53. The zero-order valence-electron chi connectivity index (χ0n) is 13.7. The summed E-state index contributed by atoms with van der Waals surface area (Å²) in [6, 6.07) is 3.47. The van der Waals surface area contributed by atoms with E-state index in [-0.39, 0.29) is 19.6 Å². The zero-order valence-corrected chi connectivity index (χ0v) is 13.7. The Kier molecular flexibility index (Phi) is 7.63. The van der Waals surface area contributed by atoms with Gasteiger partial charge in [0, 0.05) is 6.42 Å². The SMILES string of the molecule is C=CCOCC(NC(=O)CC(C)c1cccc(C(F)(F)F)c1)C(=O)O. The van der Waals surface area contributed by atoms with Gasteiger partial charge in [0.25, 0.3) is 0 Å². The summed E-state index contributed by atoms with van der Waals surface area (Å²) in [5, 5.41) is 11.4. The smallest absolute Gasteiger partial charge is 0.416 e. The Morgan fingerprint density at radius 3 is 2.64 bits per heavy atom. The van der Waals surface area contributed by atoms with E-state index in [1.807, 2.05) is 0 Å². The fourth-order valence-electron chi connectivity index (χ4n) is 2.11. The summed E-state index contributed by atoms with van der Waals surface area (Å²) in [6.45, 7) is 4.93. The highest BCUT2D eigenvalue weighted by Crippen LogP contribution is 2.31. The van der Waals surface area contributed by atoms with Crippen LogP contribution in [0.25, 0.3) is 0 Å². The molecule has 0 heterocycles. The van der Waals surface area contributed by atoms with E-state index in [2.05, 4.69) is 11.9 Å². The molecule has 0 aromatic heterocycles. The molecule has 2 unspecified atom stereocenters. The average molecular weight is 359 g/mol. The highest BCUT2D eigenvalue weighted by molar-refractivity contribution is 5.84. The van der Waals surface area contributed by atoms with Crippen molar-refractivity contribution in [1.29, 1.82) is 0 Å². The molecule has 1 rings (SSSR count). The van der Waals surface area contributed by atoms with Crippen LogP contribution in [-0.4, -0.2) is 36.2 Å². The van der Waals surface area contributed by atoms with Gasteiger partial charge in [-0.1, -0.05) is 31.2 Å². The molecular weight excluding hydrogens is 339 g/mol. The van der Waals surface area contributed by atoms with Gasteiger partial charge in [-0.25, -0.2) is 4.79 Å². The van der Waals surface area contributed by atoms with E-state index in [0.29, 0.717) is 5.56 Å². The number of carbonyl (C=O) groups excluding carboxylic acids is 1. The molecule has 0 aliphatic rings. The van der Waals surface area contributed by atoms with Crippen LogP contribution in [0.3, 0.4) is 0 Å². The lowest BCUT2D eigenvalue weighted by Crippen LogP contribution is -2.44. The lowest BCUT2D eigenvalue weighted by atomic mass is 9.95. The second-order valence-corrected chi connectivity index (χ2v) is 5.51. The van der Waals surface area contributed by atoms with Gasteiger partial charge < -0.3 is 15.2 Å². The van der Waals surface area contributed by atoms with Gasteiger partial charge in [-0.05, 0) is 17.5 Å². The first kappa shape index (κ1) is 20.7. The Morgan fingerprint density at radius 1 is 1.40 bits per heavy atom. The largest absolute Gasteiger partial charge is 0.480 e. The van der Waals surface area contributed by atoms with Crippen molar-refractivity contribution in [3.8, 4) is 0 Å². The number of benzene rings is 1. The number of hydrogen-bond acceptors (Lipinski definition) is 3. The molecule has 5 nitrogen and oxygen atoms in total. The first-order valence-electron chi connectivity index (χ1n) is 7.53. The number of hydrogen-bond donors (Lipinski definition) is 2. The molecule has 8 heteroatoms. The molecule has 0 bridgehead atoms. The van der Waals surface area contributed by atoms with Crippen molar-refractivity contribution in [3.05, 3.63) is 48.0 Å². The van der Waals surface area contributed by atoms with Gasteiger partial charge in [-0.15, -0.1) is 6.58 Å². The topological polar surface area (TPSA) is 75.6 Å². The zero-order chi connectivity index (χ0) is 19.0. The molecule has 1 aromatic carbocycles. The molecule has 0 aliphatic heterocycles. The number of halogens is 3. The second kappa shape index (κ2) is 9.22. The molecule has 0 aliphatic carbocycles. The molecule has 0 saturated heterocycles. The number of alkyl halides is 3. The summed E-state index contributed by atoms with van der Waals surface area (Å²) in [6.07, 6.45) is -3.17. The summed E-state index contributed by atoms with van der Waals surface area (Å²) in [5.74, 6) is -2.35. The average Bonchev–Trinajstić information content (AvgIpc) is 2.53. The van der Waals surface area contributed by atoms with Crippen molar-refractivity contribution in [2.75, 3.05) is 13.2 Å². The van der Waals surface area contributed by atoms with Crippen LogP contribution >= 0.6 is 0 Å². The number of nitrogens with one attached hydrogen (secondary N) is 1. The third kappa shape index (κ3) is 6.96. The van der Waals surface area contributed by atoms with E-state index < -0.39 is 35.6 Å². The van der Waals surface area contributed by atoms with Crippen LogP contribution in [0.2, 0.25) is 0 Å². The van der Waals surface area contributed by atoms with Gasteiger partial charge in [0.2, 0.25) is 5.91 Å². The summed E-state index contributed by atoms with van der Waals surface area (Å²) in [7, 11) is 0. The minimum absolute atomic E-state index is 0.139. The molecule has 0 spiro atoms. The van der Waals surface area contributed by atoms with Crippen molar-refractivity contribution in [3.63, 3.8) is 0 Å². The van der Waals surface area contributed by atoms with Crippen LogP contribution in [0.4, 0.5) is 13.2 Å². The number of carboxylic acid groups (broad SMARTS) is 1. The summed E-state index contributed by atoms with van der Waals surface area (Å²) in [5.41, 5.74) is -0.446. The lowest BCUT2D eigenvalue weighted by Gasteiger charge is -2.17. The van der Waals surface area contributed by atoms with E-state index in [0.717, 1.165) is 12.1 Å². The third-order valence-corrected chi connectivity index (χ3v) is 3.43. The van der Waals surface area contributed by atoms with Gasteiger partial charge in [-0.3, -0.25) is 4.79 Å². The summed E-state index contributed by atoms with van der Waals surface area (Å²) >= 11 is 0. The summed E-state index contributed by atoms with van der Waals surface area (Å²) < 4.78 is 43.2. The molecule has 0 saturated carbocycles. The van der Waals surface area contributed by atoms with Gasteiger partial charge >= 0.3 is 12.1 Å². The monoisotopic (exact) mass is 359 g/mol. The van der Waals surface area contributed by atoms with E-state index in [9.17, 15) is 22.8 Å². The van der Waals surface area contributed by atoms with Gasteiger partial charge in [0.15, 0.2) is 6.04 Å². The number of ether oxygens (including phenoxy) is 1.